The fourth-order valence-corrected chi connectivity index (χ4v) is 2.31. The zero-order valence-corrected chi connectivity index (χ0v) is 11.3. The summed E-state index contributed by atoms with van der Waals surface area (Å²) in [4.78, 5) is 8.60. The van der Waals surface area contributed by atoms with Crippen LogP contribution in [0.25, 0.3) is 22.3 Å². The van der Waals surface area contributed by atoms with Gasteiger partial charge in [0.15, 0.2) is 0 Å². The van der Waals surface area contributed by atoms with E-state index in [-0.39, 0.29) is 0 Å². The quantitative estimate of drug-likeness (QED) is 0.685. The van der Waals surface area contributed by atoms with Crippen LogP contribution >= 0.6 is 11.8 Å². The summed E-state index contributed by atoms with van der Waals surface area (Å²) < 4.78 is 5.17. The number of aromatic nitrogens is 3. The summed E-state index contributed by atoms with van der Waals surface area (Å²) in [5.74, 6) is 2.06. The number of rotatable bonds is 4. The molecule has 0 bridgehead atoms. The molecule has 0 saturated heterocycles. The van der Waals surface area contributed by atoms with Gasteiger partial charge in [0.25, 0.3) is 0 Å². The molecule has 2 heterocycles. The minimum Gasteiger partial charge on any atom is -0.338 e. The van der Waals surface area contributed by atoms with Crippen molar-refractivity contribution < 1.29 is 4.52 Å². The Morgan fingerprint density at radius 1 is 1.30 bits per heavy atom. The van der Waals surface area contributed by atoms with Crippen LogP contribution < -0.4 is 0 Å². The number of nitrogens with zero attached hydrogens (tertiary/aromatic N) is 4. The first-order chi connectivity index (χ1) is 9.86. The number of hydrogen-bond acceptors (Lipinski definition) is 6. The first-order valence-electron chi connectivity index (χ1n) is 5.99. The molecule has 3 rings (SSSR count). The van der Waals surface area contributed by atoms with Crippen molar-refractivity contribution in [1.82, 2.24) is 15.1 Å². The lowest BCUT2D eigenvalue weighted by Gasteiger charge is -1.98. The third kappa shape index (κ3) is 2.63. The molecule has 6 heteroatoms. The van der Waals surface area contributed by atoms with Crippen molar-refractivity contribution in [3.8, 4) is 17.5 Å². The van der Waals surface area contributed by atoms with Crippen molar-refractivity contribution in [2.24, 2.45) is 0 Å². The van der Waals surface area contributed by atoms with Crippen LogP contribution in [0.3, 0.4) is 0 Å². The second-order valence-electron chi connectivity index (χ2n) is 4.07. The van der Waals surface area contributed by atoms with E-state index in [2.05, 4.69) is 21.2 Å². The van der Waals surface area contributed by atoms with Crippen LogP contribution in [-0.2, 0) is 5.75 Å². The Morgan fingerprint density at radius 2 is 2.25 bits per heavy atom. The van der Waals surface area contributed by atoms with E-state index < -0.39 is 0 Å². The molecule has 3 aromatic rings. The summed E-state index contributed by atoms with van der Waals surface area (Å²) in [5, 5.41) is 13.5. The predicted molar refractivity (Wildman–Crippen MR) is 76.8 cm³/mol. The number of hydrogen-bond donors (Lipinski definition) is 0. The summed E-state index contributed by atoms with van der Waals surface area (Å²) in [7, 11) is 0. The largest absolute Gasteiger partial charge is 0.338 e. The van der Waals surface area contributed by atoms with Gasteiger partial charge in [-0.15, -0.1) is 11.8 Å². The van der Waals surface area contributed by atoms with Crippen LogP contribution in [-0.4, -0.2) is 20.9 Å². The van der Waals surface area contributed by atoms with Crippen molar-refractivity contribution in [3.63, 3.8) is 0 Å². The maximum absolute atomic E-state index is 8.48. The van der Waals surface area contributed by atoms with Crippen LogP contribution in [0, 0.1) is 11.3 Å². The molecule has 0 aliphatic carbocycles. The highest BCUT2D eigenvalue weighted by Gasteiger charge is 2.09. The van der Waals surface area contributed by atoms with Gasteiger partial charge < -0.3 is 4.52 Å². The molecule has 0 aliphatic rings. The lowest BCUT2D eigenvalue weighted by molar-refractivity contribution is 0.392. The molecule has 2 aromatic heterocycles. The van der Waals surface area contributed by atoms with Gasteiger partial charge in [0.2, 0.25) is 11.7 Å². The minimum atomic E-state index is 0.416. The Morgan fingerprint density at radius 3 is 3.15 bits per heavy atom. The maximum atomic E-state index is 8.48. The normalized spacial score (nSPS) is 10.6. The molecule has 0 amide bonds. The zero-order chi connectivity index (χ0) is 13.8. The van der Waals surface area contributed by atoms with E-state index in [9.17, 15) is 0 Å². The van der Waals surface area contributed by atoms with Crippen molar-refractivity contribution in [1.29, 1.82) is 5.26 Å². The van der Waals surface area contributed by atoms with Crippen molar-refractivity contribution in [3.05, 3.63) is 42.4 Å². The number of benzene rings is 1. The molecule has 0 unspecified atom stereocenters. The number of fused-ring (bicyclic) bond motifs is 1. The third-order valence-corrected chi connectivity index (χ3v) is 3.51. The third-order valence-electron chi connectivity index (χ3n) is 2.72. The van der Waals surface area contributed by atoms with Gasteiger partial charge in [0.05, 0.1) is 23.1 Å². The molecule has 0 N–H and O–H groups in total. The predicted octanol–water partition coefficient (Wildman–Crippen LogP) is 3.04. The van der Waals surface area contributed by atoms with Crippen LogP contribution in [0.15, 0.2) is 41.1 Å². The van der Waals surface area contributed by atoms with Crippen molar-refractivity contribution in [2.75, 3.05) is 5.75 Å². The van der Waals surface area contributed by atoms with Gasteiger partial charge in [-0.1, -0.05) is 11.2 Å². The second-order valence-corrected chi connectivity index (χ2v) is 5.06. The highest BCUT2D eigenvalue weighted by molar-refractivity contribution is 7.98. The Bertz CT molecular complexity index is 778. The molecule has 0 aliphatic heterocycles. The summed E-state index contributed by atoms with van der Waals surface area (Å²) in [6, 6.07) is 11.8. The summed E-state index contributed by atoms with van der Waals surface area (Å²) >= 11 is 1.45. The average molecular weight is 282 g/mol. The molecule has 5 nitrogen and oxygen atoms in total. The SMILES string of the molecule is N#CCSCc1nc(-c2ccc3ncccc3c2)no1. The van der Waals surface area contributed by atoms with Crippen molar-refractivity contribution in [2.45, 2.75) is 5.75 Å². The molecule has 0 radical (unpaired) electrons. The Kier molecular flexibility index (Phi) is 3.61. The molecular weight excluding hydrogens is 272 g/mol. The lowest BCUT2D eigenvalue weighted by atomic mass is 10.1. The van der Waals surface area contributed by atoms with Crippen LogP contribution in [0.1, 0.15) is 5.89 Å². The molecule has 0 atom stereocenters. The van der Waals surface area contributed by atoms with E-state index in [1.807, 2.05) is 30.3 Å². The summed E-state index contributed by atoms with van der Waals surface area (Å²) in [5.41, 5.74) is 1.83. The molecular formula is C14H10N4OS. The molecule has 0 spiro atoms. The van der Waals surface area contributed by atoms with E-state index in [1.54, 1.807) is 6.20 Å². The van der Waals surface area contributed by atoms with Gasteiger partial charge in [-0.3, -0.25) is 4.98 Å². The standard InChI is InChI=1S/C14H10N4OS/c15-5-7-20-9-13-17-14(18-19-13)11-3-4-12-10(8-11)2-1-6-16-12/h1-4,6,8H,7,9H2. The fraction of sp³-hybridized carbons (Fsp3) is 0.143. The lowest BCUT2D eigenvalue weighted by Crippen LogP contribution is -1.84. The van der Waals surface area contributed by atoms with Crippen LogP contribution in [0.4, 0.5) is 0 Å². The number of nitriles is 1. The van der Waals surface area contributed by atoms with E-state index in [4.69, 9.17) is 9.78 Å². The van der Waals surface area contributed by atoms with Crippen LogP contribution in [0.2, 0.25) is 0 Å². The van der Waals surface area contributed by atoms with Gasteiger partial charge in [0.1, 0.15) is 0 Å². The number of thioether (sulfide) groups is 1. The van der Waals surface area contributed by atoms with Gasteiger partial charge in [-0.25, -0.2) is 0 Å². The average Bonchev–Trinajstić information content (AvgIpc) is 2.96. The highest BCUT2D eigenvalue weighted by atomic mass is 32.2. The van der Waals surface area contributed by atoms with Gasteiger partial charge in [0, 0.05) is 17.1 Å². The molecule has 1 aromatic carbocycles. The summed E-state index contributed by atoms with van der Waals surface area (Å²) in [6.07, 6.45) is 1.76. The Balaban J connectivity index is 1.85. The van der Waals surface area contributed by atoms with E-state index in [0.717, 1.165) is 16.5 Å². The minimum absolute atomic E-state index is 0.416. The van der Waals surface area contributed by atoms with E-state index in [1.165, 1.54) is 11.8 Å². The van der Waals surface area contributed by atoms with E-state index >= 15 is 0 Å². The maximum Gasteiger partial charge on any atom is 0.236 e. The smallest absolute Gasteiger partial charge is 0.236 e. The molecule has 0 saturated carbocycles. The zero-order valence-electron chi connectivity index (χ0n) is 10.5. The Hall–Kier alpha value is -2.39. The molecule has 98 valence electrons. The Labute approximate surface area is 119 Å². The van der Waals surface area contributed by atoms with Crippen LogP contribution in [0.5, 0.6) is 0 Å². The number of pyridine rings is 1. The van der Waals surface area contributed by atoms with Crippen molar-refractivity contribution >= 4 is 22.7 Å². The fourth-order valence-electron chi connectivity index (χ4n) is 1.83. The molecule has 20 heavy (non-hydrogen) atoms. The summed E-state index contributed by atoms with van der Waals surface area (Å²) in [6.45, 7) is 0. The van der Waals surface area contributed by atoms with Gasteiger partial charge in [-0.05, 0) is 24.3 Å². The van der Waals surface area contributed by atoms with E-state index in [0.29, 0.717) is 23.2 Å². The topological polar surface area (TPSA) is 75.6 Å². The second kappa shape index (κ2) is 5.72. The first-order valence-corrected chi connectivity index (χ1v) is 7.15. The molecule has 0 fully saturated rings. The van der Waals surface area contributed by atoms with Gasteiger partial charge >= 0.3 is 0 Å². The highest BCUT2D eigenvalue weighted by Crippen LogP contribution is 2.22. The first kappa shape index (κ1) is 12.6. The van der Waals surface area contributed by atoms with Gasteiger partial charge in [-0.2, -0.15) is 10.2 Å². The monoisotopic (exact) mass is 282 g/mol.